The van der Waals surface area contributed by atoms with Crippen LogP contribution in [0.5, 0.6) is 0 Å². The van der Waals surface area contributed by atoms with Gasteiger partial charge in [0.2, 0.25) is 0 Å². The Kier molecular flexibility index (Phi) is 4.93. The van der Waals surface area contributed by atoms with E-state index in [0.29, 0.717) is 17.1 Å². The maximum absolute atomic E-state index is 14.3. The van der Waals surface area contributed by atoms with Crippen molar-refractivity contribution >= 4 is 17.6 Å². The number of urea groups is 1. The van der Waals surface area contributed by atoms with Crippen molar-refractivity contribution in [3.05, 3.63) is 70.2 Å². The molecule has 2 amide bonds. The average Bonchev–Trinajstić information content (AvgIpc) is 3.14. The molecule has 1 aliphatic carbocycles. The topological polar surface area (TPSA) is 41.1 Å². The van der Waals surface area contributed by atoms with Crippen LogP contribution < -0.4 is 10.6 Å². The van der Waals surface area contributed by atoms with Gasteiger partial charge in [0.15, 0.2) is 0 Å². The molecule has 0 radical (unpaired) electrons. The number of rotatable bonds is 5. The van der Waals surface area contributed by atoms with E-state index >= 15 is 0 Å². The maximum Gasteiger partial charge on any atom is 0.315 e. The van der Waals surface area contributed by atoms with Crippen LogP contribution in [0.2, 0.25) is 5.02 Å². The lowest BCUT2D eigenvalue weighted by molar-refractivity contribution is 0.238. The molecule has 1 unspecified atom stereocenters. The Bertz CT molecular complexity index is 823. The fourth-order valence-electron chi connectivity index (χ4n) is 3.52. The summed E-state index contributed by atoms with van der Waals surface area (Å²) in [6.45, 7) is 4.69. The highest BCUT2D eigenvalue weighted by molar-refractivity contribution is 6.30. The maximum atomic E-state index is 14.3. The van der Waals surface area contributed by atoms with E-state index in [2.05, 4.69) is 10.6 Å². The van der Waals surface area contributed by atoms with Gasteiger partial charge < -0.3 is 10.6 Å². The number of hydrogen-bond donors (Lipinski definition) is 2. The molecule has 2 aromatic rings. The van der Waals surface area contributed by atoms with E-state index in [0.717, 1.165) is 18.1 Å². The molecule has 2 aromatic carbocycles. The third-order valence-electron chi connectivity index (χ3n) is 5.28. The van der Waals surface area contributed by atoms with E-state index in [1.807, 2.05) is 26.0 Å². The van der Waals surface area contributed by atoms with Crippen molar-refractivity contribution in [1.82, 2.24) is 10.6 Å². The Balaban J connectivity index is 1.62. The smallest absolute Gasteiger partial charge is 0.315 e. The summed E-state index contributed by atoms with van der Waals surface area (Å²) in [5, 5.41) is 6.24. The molecular formula is C20H21ClF2N2O. The van der Waals surface area contributed by atoms with Gasteiger partial charge in [-0.3, -0.25) is 0 Å². The highest BCUT2D eigenvalue weighted by Crippen LogP contribution is 2.64. The van der Waals surface area contributed by atoms with Crippen molar-refractivity contribution < 1.29 is 13.6 Å². The summed E-state index contributed by atoms with van der Waals surface area (Å²) in [5.74, 6) is -1.17. The Morgan fingerprint density at radius 3 is 2.35 bits per heavy atom. The fraction of sp³-hybridized carbons (Fsp3) is 0.350. The number of halogens is 3. The van der Waals surface area contributed by atoms with Gasteiger partial charge in [-0.2, -0.15) is 0 Å². The van der Waals surface area contributed by atoms with Crippen molar-refractivity contribution in [3.8, 4) is 0 Å². The van der Waals surface area contributed by atoms with E-state index in [-0.39, 0.29) is 18.0 Å². The van der Waals surface area contributed by atoms with E-state index in [1.165, 1.54) is 12.1 Å². The summed E-state index contributed by atoms with van der Waals surface area (Å²) >= 11 is 5.83. The summed E-state index contributed by atoms with van der Waals surface area (Å²) in [6, 6.07) is 10.5. The summed E-state index contributed by atoms with van der Waals surface area (Å²) in [5.41, 5.74) is 0.676. The number of carbonyl (C=O) groups excluding carboxylic acids is 1. The van der Waals surface area contributed by atoms with E-state index in [4.69, 9.17) is 11.6 Å². The molecule has 1 atom stereocenters. The van der Waals surface area contributed by atoms with Crippen LogP contribution in [0.15, 0.2) is 42.5 Å². The molecule has 3 rings (SSSR count). The zero-order valence-electron chi connectivity index (χ0n) is 14.7. The molecule has 0 spiro atoms. The van der Waals surface area contributed by atoms with Crippen molar-refractivity contribution in [1.29, 1.82) is 0 Å². The van der Waals surface area contributed by atoms with Crippen LogP contribution >= 0.6 is 11.6 Å². The van der Waals surface area contributed by atoms with E-state index in [1.54, 1.807) is 12.1 Å². The molecule has 0 heterocycles. The largest absolute Gasteiger partial charge is 0.337 e. The third-order valence-corrected chi connectivity index (χ3v) is 5.53. The first-order valence-electron chi connectivity index (χ1n) is 8.45. The van der Waals surface area contributed by atoms with E-state index < -0.39 is 17.0 Å². The highest BCUT2D eigenvalue weighted by Gasteiger charge is 2.62. The van der Waals surface area contributed by atoms with Crippen LogP contribution in [0, 0.1) is 17.0 Å². The highest BCUT2D eigenvalue weighted by atomic mass is 35.5. The molecule has 0 aromatic heterocycles. The Labute approximate surface area is 156 Å². The SMILES string of the molecule is CC1(C)CC1(CNC(=O)NCc1ccc(Cl)cc1)c1ccc(F)cc1F. The molecule has 0 aliphatic heterocycles. The minimum absolute atomic E-state index is 0.171. The number of hydrogen-bond acceptors (Lipinski definition) is 1. The van der Waals surface area contributed by atoms with Crippen molar-refractivity contribution in [2.75, 3.05) is 6.54 Å². The van der Waals surface area contributed by atoms with Crippen LogP contribution in [0.4, 0.5) is 13.6 Å². The van der Waals surface area contributed by atoms with Crippen molar-refractivity contribution in [2.24, 2.45) is 5.41 Å². The minimum Gasteiger partial charge on any atom is -0.337 e. The lowest BCUT2D eigenvalue weighted by Gasteiger charge is -2.22. The van der Waals surface area contributed by atoms with Gasteiger partial charge in [-0.05, 0) is 41.2 Å². The lowest BCUT2D eigenvalue weighted by Crippen LogP contribution is -2.41. The molecule has 1 aliphatic rings. The predicted molar refractivity (Wildman–Crippen MR) is 98.1 cm³/mol. The molecule has 1 fully saturated rings. The average molecular weight is 379 g/mol. The molecule has 3 nitrogen and oxygen atoms in total. The molecule has 26 heavy (non-hydrogen) atoms. The van der Waals surface area contributed by atoms with Gasteiger partial charge in [0, 0.05) is 29.6 Å². The van der Waals surface area contributed by atoms with Crippen LogP contribution in [0.25, 0.3) is 0 Å². The quantitative estimate of drug-likeness (QED) is 0.772. The van der Waals surface area contributed by atoms with Crippen molar-refractivity contribution in [3.63, 3.8) is 0 Å². The van der Waals surface area contributed by atoms with Crippen LogP contribution in [-0.4, -0.2) is 12.6 Å². The van der Waals surface area contributed by atoms with Crippen molar-refractivity contribution in [2.45, 2.75) is 32.2 Å². The molecule has 0 saturated heterocycles. The number of nitrogens with one attached hydrogen (secondary N) is 2. The summed E-state index contributed by atoms with van der Waals surface area (Å²) < 4.78 is 27.5. The zero-order valence-corrected chi connectivity index (χ0v) is 15.5. The van der Waals surface area contributed by atoms with Crippen LogP contribution in [0.1, 0.15) is 31.4 Å². The number of carbonyl (C=O) groups is 1. The second-order valence-corrected chi connectivity index (χ2v) is 7.87. The molecule has 138 valence electrons. The zero-order chi connectivity index (χ0) is 18.9. The van der Waals surface area contributed by atoms with Gasteiger partial charge >= 0.3 is 6.03 Å². The first kappa shape index (κ1) is 18.6. The standard InChI is InChI=1S/C20H21ClF2N2O/c1-19(2)11-20(19,16-8-7-15(22)9-17(16)23)12-25-18(26)24-10-13-3-5-14(21)6-4-13/h3-9H,10-12H2,1-2H3,(H2,24,25,26). The third kappa shape index (κ3) is 3.68. The summed E-state index contributed by atoms with van der Waals surface area (Å²) in [7, 11) is 0. The fourth-order valence-corrected chi connectivity index (χ4v) is 3.65. The van der Waals surface area contributed by atoms with Gasteiger partial charge in [0.1, 0.15) is 11.6 Å². The number of benzene rings is 2. The number of amides is 2. The first-order valence-corrected chi connectivity index (χ1v) is 8.83. The lowest BCUT2D eigenvalue weighted by atomic mass is 9.87. The monoisotopic (exact) mass is 378 g/mol. The molecule has 0 bridgehead atoms. The first-order chi connectivity index (χ1) is 12.2. The predicted octanol–water partition coefficient (Wildman–Crippen LogP) is 4.79. The molecule has 2 N–H and O–H groups in total. The minimum atomic E-state index is -0.603. The molecule has 6 heteroatoms. The molecule has 1 saturated carbocycles. The van der Waals surface area contributed by atoms with Gasteiger partial charge in [0.25, 0.3) is 0 Å². The van der Waals surface area contributed by atoms with Gasteiger partial charge in [-0.1, -0.05) is 43.6 Å². The second-order valence-electron chi connectivity index (χ2n) is 7.43. The van der Waals surface area contributed by atoms with Crippen LogP contribution in [0.3, 0.4) is 0 Å². The Morgan fingerprint density at radius 2 is 1.77 bits per heavy atom. The van der Waals surface area contributed by atoms with Crippen LogP contribution in [-0.2, 0) is 12.0 Å². The summed E-state index contributed by atoms with van der Waals surface area (Å²) in [6.07, 6.45) is 0.722. The van der Waals surface area contributed by atoms with E-state index in [9.17, 15) is 13.6 Å². The van der Waals surface area contributed by atoms with Gasteiger partial charge in [0.05, 0.1) is 0 Å². The normalized spacial score (nSPS) is 20.5. The molecular weight excluding hydrogens is 358 g/mol. The Morgan fingerprint density at radius 1 is 1.12 bits per heavy atom. The van der Waals surface area contributed by atoms with Gasteiger partial charge in [-0.15, -0.1) is 0 Å². The van der Waals surface area contributed by atoms with Gasteiger partial charge in [-0.25, -0.2) is 13.6 Å². The second kappa shape index (κ2) is 6.88. The Hall–Kier alpha value is -2.14. The summed E-state index contributed by atoms with van der Waals surface area (Å²) in [4.78, 5) is 12.1.